The zero-order valence-corrected chi connectivity index (χ0v) is 11.4. The summed E-state index contributed by atoms with van der Waals surface area (Å²) < 4.78 is 0. The van der Waals surface area contributed by atoms with Crippen LogP contribution in [0.25, 0.3) is 0 Å². The third-order valence-corrected chi connectivity index (χ3v) is 2.57. The smallest absolute Gasteiger partial charge is 0.310 e. The maximum atomic E-state index is 11.8. The number of amides is 1. The Kier molecular flexibility index (Phi) is 4.37. The fraction of sp³-hybridized carbons (Fsp3) is 0.0769. The molecule has 2 N–H and O–H groups in total. The Morgan fingerprint density at radius 2 is 2.23 bits per heavy atom. The van der Waals surface area contributed by atoms with Gasteiger partial charge in [0.25, 0.3) is 11.6 Å². The first-order valence-electron chi connectivity index (χ1n) is 6.11. The molecular formula is C13H11N5O4. The van der Waals surface area contributed by atoms with E-state index >= 15 is 0 Å². The molecule has 0 fully saturated rings. The van der Waals surface area contributed by atoms with E-state index in [1.54, 1.807) is 13.0 Å². The number of nitro groups is 1. The molecule has 1 heterocycles. The van der Waals surface area contributed by atoms with Crippen molar-refractivity contribution in [1.82, 2.24) is 15.4 Å². The minimum atomic E-state index is -0.657. The van der Waals surface area contributed by atoms with Gasteiger partial charge in [0, 0.05) is 23.4 Å². The number of non-ortho nitro benzene ring substituents is 1. The van der Waals surface area contributed by atoms with E-state index in [0.717, 1.165) is 0 Å². The van der Waals surface area contributed by atoms with Gasteiger partial charge in [-0.3, -0.25) is 14.9 Å². The van der Waals surface area contributed by atoms with Gasteiger partial charge < -0.3 is 4.98 Å². The maximum Gasteiger partial charge on any atom is 0.345 e. The van der Waals surface area contributed by atoms with Crippen molar-refractivity contribution in [1.29, 1.82) is 0 Å². The van der Waals surface area contributed by atoms with Crippen LogP contribution in [0.1, 0.15) is 21.7 Å². The number of aromatic nitrogens is 2. The van der Waals surface area contributed by atoms with Crippen LogP contribution in [0.2, 0.25) is 0 Å². The van der Waals surface area contributed by atoms with E-state index in [-0.39, 0.29) is 11.4 Å². The quantitative estimate of drug-likeness (QED) is 0.489. The molecule has 1 aromatic carbocycles. The van der Waals surface area contributed by atoms with E-state index in [9.17, 15) is 19.7 Å². The summed E-state index contributed by atoms with van der Waals surface area (Å²) in [6.07, 6.45) is 1.25. The van der Waals surface area contributed by atoms with Gasteiger partial charge in [0.2, 0.25) is 0 Å². The van der Waals surface area contributed by atoms with Crippen LogP contribution >= 0.6 is 0 Å². The highest BCUT2D eigenvalue weighted by molar-refractivity contribution is 5.93. The van der Waals surface area contributed by atoms with Crippen LogP contribution in [-0.2, 0) is 0 Å². The molecular weight excluding hydrogens is 290 g/mol. The molecule has 0 atom stereocenters. The number of benzene rings is 1. The highest BCUT2D eigenvalue weighted by Gasteiger charge is 2.08. The number of nitrogens with zero attached hydrogens (tertiary/aromatic N) is 3. The van der Waals surface area contributed by atoms with Crippen molar-refractivity contribution in [3.63, 3.8) is 0 Å². The fourth-order valence-electron chi connectivity index (χ4n) is 1.64. The van der Waals surface area contributed by atoms with Gasteiger partial charge in [0.1, 0.15) is 5.69 Å². The molecule has 0 aliphatic heterocycles. The first-order valence-corrected chi connectivity index (χ1v) is 6.11. The number of carbonyl (C=O) groups excluding carboxylic acids is 1. The van der Waals surface area contributed by atoms with Gasteiger partial charge in [-0.25, -0.2) is 10.2 Å². The van der Waals surface area contributed by atoms with Gasteiger partial charge in [0.05, 0.1) is 11.1 Å². The van der Waals surface area contributed by atoms with Gasteiger partial charge in [-0.2, -0.15) is 10.1 Å². The van der Waals surface area contributed by atoms with Crippen LogP contribution in [0.5, 0.6) is 0 Å². The lowest BCUT2D eigenvalue weighted by molar-refractivity contribution is -0.384. The predicted octanol–water partition coefficient (Wildman–Crippen LogP) is 0.750. The molecule has 2 rings (SSSR count). The summed E-state index contributed by atoms with van der Waals surface area (Å²) in [5.41, 5.74) is 2.35. The Hall–Kier alpha value is -3.36. The molecule has 112 valence electrons. The number of carbonyl (C=O) groups is 1. The largest absolute Gasteiger partial charge is 0.345 e. The molecule has 0 spiro atoms. The summed E-state index contributed by atoms with van der Waals surface area (Å²) in [6.45, 7) is 1.62. The van der Waals surface area contributed by atoms with Gasteiger partial charge in [-0.1, -0.05) is 12.1 Å². The summed E-state index contributed by atoms with van der Waals surface area (Å²) in [4.78, 5) is 39.0. The first-order chi connectivity index (χ1) is 10.5. The molecule has 0 bridgehead atoms. The summed E-state index contributed by atoms with van der Waals surface area (Å²) in [5, 5.41) is 14.3. The van der Waals surface area contributed by atoms with Gasteiger partial charge in [-0.05, 0) is 13.0 Å². The molecule has 0 radical (unpaired) electrons. The third kappa shape index (κ3) is 3.82. The van der Waals surface area contributed by atoms with E-state index in [1.165, 1.54) is 30.5 Å². The van der Waals surface area contributed by atoms with Crippen LogP contribution in [0.15, 0.2) is 40.2 Å². The normalized spacial score (nSPS) is 10.6. The van der Waals surface area contributed by atoms with Crippen molar-refractivity contribution in [2.24, 2.45) is 5.10 Å². The Bertz CT molecular complexity index is 812. The number of hydrogen-bond acceptors (Lipinski definition) is 6. The van der Waals surface area contributed by atoms with Crippen molar-refractivity contribution in [2.45, 2.75) is 6.92 Å². The van der Waals surface area contributed by atoms with Crippen molar-refractivity contribution in [3.05, 3.63) is 67.9 Å². The average molecular weight is 301 g/mol. The van der Waals surface area contributed by atoms with Crippen molar-refractivity contribution in [3.8, 4) is 0 Å². The molecule has 0 aliphatic carbocycles. The second-order valence-electron chi connectivity index (χ2n) is 4.31. The van der Waals surface area contributed by atoms with E-state index in [4.69, 9.17) is 0 Å². The number of hydrazone groups is 1. The summed E-state index contributed by atoms with van der Waals surface area (Å²) in [5.74, 6) is -0.657. The first kappa shape index (κ1) is 15.0. The number of rotatable bonds is 4. The van der Waals surface area contributed by atoms with Crippen molar-refractivity contribution < 1.29 is 9.72 Å². The zero-order valence-electron chi connectivity index (χ0n) is 11.4. The van der Waals surface area contributed by atoms with E-state index in [1.807, 2.05) is 0 Å². The fourth-order valence-corrected chi connectivity index (χ4v) is 1.64. The molecule has 0 aliphatic rings. The van der Waals surface area contributed by atoms with E-state index in [0.29, 0.717) is 11.3 Å². The van der Waals surface area contributed by atoms with Crippen LogP contribution in [-0.4, -0.2) is 27.0 Å². The molecule has 0 unspecified atom stereocenters. The van der Waals surface area contributed by atoms with Crippen molar-refractivity contribution >= 4 is 17.8 Å². The maximum absolute atomic E-state index is 11.8. The standard InChI is InChI=1S/C13H11N5O4/c1-8-5-11(16-13(20)15-8)12(19)17-14-7-9-3-2-4-10(6-9)18(21)22/h2-7H,1H3,(H,17,19)(H,15,16,20)/b14-7+. The number of hydrogen-bond donors (Lipinski definition) is 2. The molecule has 9 heteroatoms. The molecule has 2 aromatic rings. The Labute approximate surface area is 123 Å². The number of aryl methyl sites for hydroxylation is 1. The minimum Gasteiger partial charge on any atom is -0.310 e. The van der Waals surface area contributed by atoms with Crippen LogP contribution in [0, 0.1) is 17.0 Å². The van der Waals surface area contributed by atoms with Crippen molar-refractivity contribution in [2.75, 3.05) is 0 Å². The molecule has 1 aromatic heterocycles. The SMILES string of the molecule is Cc1cc(C(=O)N/N=C/c2cccc([N+](=O)[O-])c2)nc(=O)[nH]1. The number of nitro benzene ring substituents is 1. The third-order valence-electron chi connectivity index (χ3n) is 2.57. The van der Waals surface area contributed by atoms with Crippen LogP contribution in [0.3, 0.4) is 0 Å². The second kappa shape index (κ2) is 6.39. The van der Waals surface area contributed by atoms with Gasteiger partial charge in [0.15, 0.2) is 0 Å². The summed E-state index contributed by atoms with van der Waals surface area (Å²) in [7, 11) is 0. The lowest BCUT2D eigenvalue weighted by Gasteiger charge is -1.99. The minimum absolute atomic E-state index is 0.0718. The molecule has 9 nitrogen and oxygen atoms in total. The Balaban J connectivity index is 2.09. The summed E-state index contributed by atoms with van der Waals surface area (Å²) in [6, 6.07) is 7.16. The predicted molar refractivity (Wildman–Crippen MR) is 77.8 cm³/mol. The molecule has 0 saturated carbocycles. The zero-order chi connectivity index (χ0) is 16.1. The van der Waals surface area contributed by atoms with Gasteiger partial charge in [-0.15, -0.1) is 0 Å². The second-order valence-corrected chi connectivity index (χ2v) is 4.31. The molecule has 22 heavy (non-hydrogen) atoms. The number of nitrogens with one attached hydrogen (secondary N) is 2. The molecule has 0 saturated heterocycles. The Morgan fingerprint density at radius 1 is 1.45 bits per heavy atom. The monoisotopic (exact) mass is 301 g/mol. The van der Waals surface area contributed by atoms with Crippen LogP contribution in [0.4, 0.5) is 5.69 Å². The number of aromatic amines is 1. The topological polar surface area (TPSA) is 130 Å². The lowest BCUT2D eigenvalue weighted by Crippen LogP contribution is -2.24. The Morgan fingerprint density at radius 3 is 2.91 bits per heavy atom. The van der Waals surface area contributed by atoms with E-state index in [2.05, 4.69) is 20.5 Å². The average Bonchev–Trinajstić information content (AvgIpc) is 2.46. The summed E-state index contributed by atoms with van der Waals surface area (Å²) >= 11 is 0. The van der Waals surface area contributed by atoms with E-state index < -0.39 is 16.5 Å². The van der Waals surface area contributed by atoms with Crippen LogP contribution < -0.4 is 11.1 Å². The lowest BCUT2D eigenvalue weighted by atomic mass is 10.2. The highest BCUT2D eigenvalue weighted by atomic mass is 16.6. The number of H-pyrrole nitrogens is 1. The van der Waals surface area contributed by atoms with Gasteiger partial charge >= 0.3 is 5.69 Å². The highest BCUT2D eigenvalue weighted by Crippen LogP contribution is 2.11. The molecule has 1 amide bonds.